The standard InChI is InChI=1S/C16H18BrClN2/c1-11-4-5-12(8-14(11)18)10-19-15-9-13(17)6-7-16(15)20(2)3/h4-9,19H,10H2,1-3H3. The van der Waals surface area contributed by atoms with Gasteiger partial charge in [-0.1, -0.05) is 39.7 Å². The molecule has 0 saturated carbocycles. The van der Waals surface area contributed by atoms with Crippen molar-refractivity contribution in [3.8, 4) is 0 Å². The number of nitrogens with one attached hydrogen (secondary N) is 1. The third kappa shape index (κ3) is 3.68. The highest BCUT2D eigenvalue weighted by Crippen LogP contribution is 2.28. The van der Waals surface area contributed by atoms with Gasteiger partial charge in [-0.2, -0.15) is 0 Å². The van der Waals surface area contributed by atoms with E-state index in [2.05, 4.69) is 44.3 Å². The molecule has 0 radical (unpaired) electrons. The quantitative estimate of drug-likeness (QED) is 0.823. The fraction of sp³-hybridized carbons (Fsp3) is 0.250. The normalized spacial score (nSPS) is 10.4. The number of aryl methyl sites for hydroxylation is 1. The van der Waals surface area contributed by atoms with E-state index in [1.54, 1.807) is 0 Å². The van der Waals surface area contributed by atoms with Gasteiger partial charge in [0.15, 0.2) is 0 Å². The second kappa shape index (κ2) is 6.51. The van der Waals surface area contributed by atoms with Crippen LogP contribution in [0.2, 0.25) is 5.02 Å². The van der Waals surface area contributed by atoms with Gasteiger partial charge in [-0.15, -0.1) is 0 Å². The minimum absolute atomic E-state index is 0.747. The van der Waals surface area contributed by atoms with E-state index in [1.807, 2.05) is 39.2 Å². The summed E-state index contributed by atoms with van der Waals surface area (Å²) in [6.07, 6.45) is 0. The van der Waals surface area contributed by atoms with E-state index >= 15 is 0 Å². The van der Waals surface area contributed by atoms with Crippen molar-refractivity contribution in [1.29, 1.82) is 0 Å². The van der Waals surface area contributed by atoms with E-state index in [4.69, 9.17) is 11.6 Å². The van der Waals surface area contributed by atoms with E-state index in [1.165, 1.54) is 5.56 Å². The van der Waals surface area contributed by atoms with Crippen molar-refractivity contribution in [2.45, 2.75) is 13.5 Å². The Kier molecular flexibility index (Phi) is 4.95. The van der Waals surface area contributed by atoms with Crippen molar-refractivity contribution in [3.63, 3.8) is 0 Å². The average Bonchev–Trinajstić information content (AvgIpc) is 2.40. The third-order valence-electron chi connectivity index (χ3n) is 3.16. The van der Waals surface area contributed by atoms with Crippen molar-refractivity contribution in [2.75, 3.05) is 24.3 Å². The van der Waals surface area contributed by atoms with Crippen molar-refractivity contribution in [1.82, 2.24) is 0 Å². The number of anilines is 2. The van der Waals surface area contributed by atoms with Crippen LogP contribution in [0.15, 0.2) is 40.9 Å². The van der Waals surface area contributed by atoms with Crippen LogP contribution in [0.5, 0.6) is 0 Å². The molecule has 20 heavy (non-hydrogen) atoms. The van der Waals surface area contributed by atoms with E-state index in [-0.39, 0.29) is 0 Å². The zero-order valence-electron chi connectivity index (χ0n) is 11.9. The predicted octanol–water partition coefficient (Wildman–Crippen LogP) is 5.09. The maximum absolute atomic E-state index is 6.16. The second-order valence-electron chi connectivity index (χ2n) is 4.99. The largest absolute Gasteiger partial charge is 0.379 e. The average molecular weight is 354 g/mol. The number of halogens is 2. The molecule has 0 unspecified atom stereocenters. The van der Waals surface area contributed by atoms with Crippen LogP contribution >= 0.6 is 27.5 Å². The zero-order valence-corrected chi connectivity index (χ0v) is 14.2. The third-order valence-corrected chi connectivity index (χ3v) is 4.06. The molecule has 0 aliphatic carbocycles. The number of rotatable bonds is 4. The SMILES string of the molecule is Cc1ccc(CNc2cc(Br)ccc2N(C)C)cc1Cl. The van der Waals surface area contributed by atoms with Gasteiger partial charge in [0.25, 0.3) is 0 Å². The topological polar surface area (TPSA) is 15.3 Å². The van der Waals surface area contributed by atoms with Crippen LogP contribution in [-0.4, -0.2) is 14.1 Å². The van der Waals surface area contributed by atoms with Crippen molar-refractivity contribution >= 4 is 38.9 Å². The van der Waals surface area contributed by atoms with E-state index in [0.29, 0.717) is 0 Å². The molecule has 0 bridgehead atoms. The summed E-state index contributed by atoms with van der Waals surface area (Å²) in [4.78, 5) is 2.09. The van der Waals surface area contributed by atoms with Gasteiger partial charge in [0, 0.05) is 30.1 Å². The number of benzene rings is 2. The summed E-state index contributed by atoms with van der Waals surface area (Å²) in [5, 5.41) is 4.28. The first kappa shape index (κ1) is 15.2. The lowest BCUT2D eigenvalue weighted by molar-refractivity contribution is 1.10. The molecule has 0 atom stereocenters. The predicted molar refractivity (Wildman–Crippen MR) is 92.0 cm³/mol. The lowest BCUT2D eigenvalue weighted by Crippen LogP contribution is -2.12. The maximum atomic E-state index is 6.16. The lowest BCUT2D eigenvalue weighted by atomic mass is 10.1. The lowest BCUT2D eigenvalue weighted by Gasteiger charge is -2.19. The van der Waals surface area contributed by atoms with Crippen LogP contribution in [0.1, 0.15) is 11.1 Å². The van der Waals surface area contributed by atoms with Gasteiger partial charge in [0.05, 0.1) is 11.4 Å². The molecule has 0 aliphatic rings. The summed E-state index contributed by atoms with van der Waals surface area (Å²) in [7, 11) is 4.08. The molecule has 0 saturated heterocycles. The van der Waals surface area contributed by atoms with Gasteiger partial charge in [-0.25, -0.2) is 0 Å². The van der Waals surface area contributed by atoms with Gasteiger partial charge in [0.2, 0.25) is 0 Å². The Balaban J connectivity index is 2.17. The first-order valence-corrected chi connectivity index (χ1v) is 7.60. The Labute approximate surface area is 133 Å². The number of hydrogen-bond donors (Lipinski definition) is 1. The highest BCUT2D eigenvalue weighted by atomic mass is 79.9. The molecule has 0 aliphatic heterocycles. The summed E-state index contributed by atoms with van der Waals surface area (Å²) in [6, 6.07) is 12.4. The van der Waals surface area contributed by atoms with Gasteiger partial charge in [-0.3, -0.25) is 0 Å². The Morgan fingerprint density at radius 1 is 1.15 bits per heavy atom. The van der Waals surface area contributed by atoms with Crippen LogP contribution in [0.4, 0.5) is 11.4 Å². The van der Waals surface area contributed by atoms with Gasteiger partial charge >= 0.3 is 0 Å². The monoisotopic (exact) mass is 352 g/mol. The summed E-state index contributed by atoms with van der Waals surface area (Å²) in [5.41, 5.74) is 4.53. The van der Waals surface area contributed by atoms with Crippen LogP contribution < -0.4 is 10.2 Å². The van der Waals surface area contributed by atoms with E-state index in [0.717, 1.165) is 33.0 Å². The maximum Gasteiger partial charge on any atom is 0.0597 e. The Morgan fingerprint density at radius 3 is 2.55 bits per heavy atom. The van der Waals surface area contributed by atoms with Crippen LogP contribution in [-0.2, 0) is 6.54 Å². The molecule has 0 spiro atoms. The molecule has 106 valence electrons. The first-order valence-electron chi connectivity index (χ1n) is 6.43. The minimum Gasteiger partial charge on any atom is -0.379 e. The fourth-order valence-electron chi connectivity index (χ4n) is 1.98. The van der Waals surface area contributed by atoms with Crippen LogP contribution in [0.25, 0.3) is 0 Å². The molecule has 2 aromatic carbocycles. The highest BCUT2D eigenvalue weighted by molar-refractivity contribution is 9.10. The summed E-state index contributed by atoms with van der Waals surface area (Å²) in [5.74, 6) is 0. The van der Waals surface area contributed by atoms with Crippen LogP contribution in [0, 0.1) is 6.92 Å². The van der Waals surface area contributed by atoms with Crippen molar-refractivity contribution in [2.24, 2.45) is 0 Å². The van der Waals surface area contributed by atoms with Gasteiger partial charge < -0.3 is 10.2 Å². The second-order valence-corrected chi connectivity index (χ2v) is 6.32. The molecule has 4 heteroatoms. The fourth-order valence-corrected chi connectivity index (χ4v) is 2.55. The molecule has 0 amide bonds. The Hall–Kier alpha value is -1.19. The molecule has 2 nitrogen and oxygen atoms in total. The molecule has 0 aromatic heterocycles. The molecule has 0 heterocycles. The van der Waals surface area contributed by atoms with Crippen LogP contribution in [0.3, 0.4) is 0 Å². The summed E-state index contributed by atoms with van der Waals surface area (Å²) in [6.45, 7) is 2.76. The molecule has 2 rings (SSSR count). The number of nitrogens with zero attached hydrogens (tertiary/aromatic N) is 1. The Morgan fingerprint density at radius 2 is 1.90 bits per heavy atom. The van der Waals surface area contributed by atoms with Crippen molar-refractivity contribution < 1.29 is 0 Å². The van der Waals surface area contributed by atoms with Gasteiger partial charge in [0.1, 0.15) is 0 Å². The smallest absolute Gasteiger partial charge is 0.0597 e. The van der Waals surface area contributed by atoms with Crippen molar-refractivity contribution in [3.05, 3.63) is 57.0 Å². The number of hydrogen-bond acceptors (Lipinski definition) is 2. The molecule has 0 fully saturated rings. The molecule has 1 N–H and O–H groups in total. The first-order chi connectivity index (χ1) is 9.47. The van der Waals surface area contributed by atoms with Gasteiger partial charge in [-0.05, 0) is 42.3 Å². The van der Waals surface area contributed by atoms with E-state index in [9.17, 15) is 0 Å². The zero-order chi connectivity index (χ0) is 14.7. The summed E-state index contributed by atoms with van der Waals surface area (Å²) < 4.78 is 1.06. The minimum atomic E-state index is 0.747. The molecule has 2 aromatic rings. The Bertz CT molecular complexity index is 611. The summed E-state index contributed by atoms with van der Waals surface area (Å²) >= 11 is 9.67. The highest BCUT2D eigenvalue weighted by Gasteiger charge is 2.05. The molecular formula is C16H18BrClN2. The molecular weight excluding hydrogens is 336 g/mol. The van der Waals surface area contributed by atoms with E-state index < -0.39 is 0 Å².